The van der Waals surface area contributed by atoms with Gasteiger partial charge in [0.05, 0.1) is 25.1 Å². The Hall–Kier alpha value is -2.49. The Bertz CT molecular complexity index is 880. The summed E-state index contributed by atoms with van der Waals surface area (Å²) in [4.78, 5) is 12.8. The predicted octanol–water partition coefficient (Wildman–Crippen LogP) is 3.19. The van der Waals surface area contributed by atoms with Crippen molar-refractivity contribution in [1.82, 2.24) is 4.57 Å². The van der Waals surface area contributed by atoms with E-state index in [9.17, 15) is 4.79 Å². The van der Waals surface area contributed by atoms with Gasteiger partial charge < -0.3 is 14.0 Å². The zero-order valence-corrected chi connectivity index (χ0v) is 12.3. The molecule has 4 nitrogen and oxygen atoms in total. The van der Waals surface area contributed by atoms with Crippen molar-refractivity contribution in [1.29, 1.82) is 0 Å². The van der Waals surface area contributed by atoms with Crippen LogP contribution in [0.1, 0.15) is 6.92 Å². The average molecular weight is 283 g/mol. The minimum Gasteiger partial charge on any atom is -0.497 e. The monoisotopic (exact) mass is 283 g/mol. The van der Waals surface area contributed by atoms with Crippen LogP contribution in [0.5, 0.6) is 11.5 Å². The number of hydrogen-bond acceptors (Lipinski definition) is 3. The third-order valence-electron chi connectivity index (χ3n) is 3.80. The fourth-order valence-corrected chi connectivity index (χ4v) is 2.79. The molecule has 0 N–H and O–H groups in total. The van der Waals surface area contributed by atoms with E-state index in [0.717, 1.165) is 16.3 Å². The molecule has 4 heteroatoms. The van der Waals surface area contributed by atoms with Crippen molar-refractivity contribution in [2.45, 2.75) is 13.5 Å². The Morgan fingerprint density at radius 3 is 2.48 bits per heavy atom. The van der Waals surface area contributed by atoms with E-state index in [-0.39, 0.29) is 5.56 Å². The summed E-state index contributed by atoms with van der Waals surface area (Å²) >= 11 is 0. The lowest BCUT2D eigenvalue weighted by molar-refractivity contribution is 0.415. The number of pyridine rings is 1. The predicted molar refractivity (Wildman–Crippen MR) is 84.5 cm³/mol. The molecule has 0 aliphatic carbocycles. The molecule has 1 heterocycles. The molecule has 0 saturated carbocycles. The van der Waals surface area contributed by atoms with E-state index in [1.165, 1.54) is 0 Å². The summed E-state index contributed by atoms with van der Waals surface area (Å²) in [7, 11) is 3.22. The van der Waals surface area contributed by atoms with Crippen molar-refractivity contribution >= 4 is 21.7 Å². The number of aryl methyl sites for hydroxylation is 1. The Balaban J connectivity index is 2.59. The fourth-order valence-electron chi connectivity index (χ4n) is 2.79. The molecule has 2 aromatic carbocycles. The molecule has 0 fully saturated rings. The maximum absolute atomic E-state index is 12.8. The van der Waals surface area contributed by atoms with E-state index in [1.807, 2.05) is 37.3 Å². The molecule has 0 unspecified atom stereocenters. The lowest BCUT2D eigenvalue weighted by atomic mass is 10.0. The number of methoxy groups -OCH3 is 2. The lowest BCUT2D eigenvalue weighted by Gasteiger charge is -2.14. The van der Waals surface area contributed by atoms with E-state index in [4.69, 9.17) is 9.47 Å². The van der Waals surface area contributed by atoms with Crippen molar-refractivity contribution in [3.05, 3.63) is 46.8 Å². The van der Waals surface area contributed by atoms with Gasteiger partial charge in [-0.25, -0.2) is 0 Å². The van der Waals surface area contributed by atoms with E-state index in [0.29, 0.717) is 23.4 Å². The SMILES string of the molecule is CCn1c(=O)c2cc(OC)ccc2c2cccc(OC)c21. The second-order valence-corrected chi connectivity index (χ2v) is 4.82. The molecular formula is C17H17NO3. The number of ether oxygens (including phenoxy) is 2. The van der Waals surface area contributed by atoms with E-state index < -0.39 is 0 Å². The maximum Gasteiger partial charge on any atom is 0.259 e. The quantitative estimate of drug-likeness (QED) is 0.693. The molecule has 0 bridgehead atoms. The third-order valence-corrected chi connectivity index (χ3v) is 3.80. The van der Waals surface area contributed by atoms with Crippen LogP contribution in [0.15, 0.2) is 41.2 Å². The Morgan fingerprint density at radius 1 is 1.00 bits per heavy atom. The van der Waals surface area contributed by atoms with Crippen molar-refractivity contribution < 1.29 is 9.47 Å². The van der Waals surface area contributed by atoms with Crippen LogP contribution in [0.3, 0.4) is 0 Å². The maximum atomic E-state index is 12.8. The molecule has 21 heavy (non-hydrogen) atoms. The van der Waals surface area contributed by atoms with Crippen LogP contribution >= 0.6 is 0 Å². The van der Waals surface area contributed by atoms with Gasteiger partial charge in [0.25, 0.3) is 5.56 Å². The fraction of sp³-hybridized carbons (Fsp3) is 0.235. The third kappa shape index (κ3) is 1.95. The first kappa shape index (κ1) is 13.5. The summed E-state index contributed by atoms with van der Waals surface area (Å²) in [6, 6.07) is 11.4. The number of fused-ring (bicyclic) bond motifs is 3. The summed E-state index contributed by atoms with van der Waals surface area (Å²) in [6.45, 7) is 2.54. The van der Waals surface area contributed by atoms with Crippen molar-refractivity contribution in [3.63, 3.8) is 0 Å². The highest BCUT2D eigenvalue weighted by Crippen LogP contribution is 2.31. The molecule has 0 atom stereocenters. The van der Waals surface area contributed by atoms with Crippen LogP contribution in [0.4, 0.5) is 0 Å². The first-order valence-corrected chi connectivity index (χ1v) is 6.88. The van der Waals surface area contributed by atoms with E-state index >= 15 is 0 Å². The van der Waals surface area contributed by atoms with Crippen LogP contribution in [0, 0.1) is 0 Å². The Morgan fingerprint density at radius 2 is 1.81 bits per heavy atom. The van der Waals surface area contributed by atoms with Gasteiger partial charge in [0.2, 0.25) is 0 Å². The topological polar surface area (TPSA) is 40.5 Å². The Kier molecular flexibility index (Phi) is 3.29. The standard InChI is InChI=1S/C17H17NO3/c1-4-18-16-13(6-5-7-15(16)21-3)12-9-8-11(20-2)10-14(12)17(18)19/h5-10H,4H2,1-3H3. The van der Waals surface area contributed by atoms with Gasteiger partial charge >= 0.3 is 0 Å². The molecule has 0 amide bonds. The molecular weight excluding hydrogens is 266 g/mol. The molecule has 0 spiro atoms. The summed E-state index contributed by atoms with van der Waals surface area (Å²) in [5.41, 5.74) is 0.813. The zero-order chi connectivity index (χ0) is 15.0. The molecule has 108 valence electrons. The number of aromatic nitrogens is 1. The van der Waals surface area contributed by atoms with Gasteiger partial charge in [0, 0.05) is 11.9 Å². The Labute approximate surface area is 122 Å². The van der Waals surface area contributed by atoms with Gasteiger partial charge in [-0.3, -0.25) is 4.79 Å². The number of hydrogen-bond donors (Lipinski definition) is 0. The molecule has 0 radical (unpaired) electrons. The second-order valence-electron chi connectivity index (χ2n) is 4.82. The van der Waals surface area contributed by atoms with Gasteiger partial charge in [-0.05, 0) is 36.6 Å². The van der Waals surface area contributed by atoms with Gasteiger partial charge in [0.15, 0.2) is 0 Å². The van der Waals surface area contributed by atoms with Crippen molar-refractivity contribution in [2.24, 2.45) is 0 Å². The van der Waals surface area contributed by atoms with Gasteiger partial charge in [-0.1, -0.05) is 12.1 Å². The number of benzene rings is 2. The molecule has 0 aliphatic rings. The van der Waals surface area contributed by atoms with Crippen LogP contribution in [-0.2, 0) is 6.54 Å². The minimum absolute atomic E-state index is 0.0246. The smallest absolute Gasteiger partial charge is 0.259 e. The molecule has 3 rings (SSSR count). The average Bonchev–Trinajstić information content (AvgIpc) is 2.54. The number of nitrogens with zero attached hydrogens (tertiary/aromatic N) is 1. The highest BCUT2D eigenvalue weighted by Gasteiger charge is 2.13. The van der Waals surface area contributed by atoms with Crippen LogP contribution in [0.25, 0.3) is 21.7 Å². The van der Waals surface area contributed by atoms with Crippen LogP contribution in [0.2, 0.25) is 0 Å². The lowest BCUT2D eigenvalue weighted by Crippen LogP contribution is -2.20. The highest BCUT2D eigenvalue weighted by molar-refractivity contribution is 6.07. The van der Waals surface area contributed by atoms with E-state index in [1.54, 1.807) is 24.9 Å². The molecule has 0 aliphatic heterocycles. The van der Waals surface area contributed by atoms with Gasteiger partial charge in [0.1, 0.15) is 11.5 Å². The number of rotatable bonds is 3. The highest BCUT2D eigenvalue weighted by atomic mass is 16.5. The minimum atomic E-state index is -0.0246. The first-order valence-electron chi connectivity index (χ1n) is 6.88. The largest absolute Gasteiger partial charge is 0.497 e. The molecule has 0 saturated heterocycles. The first-order chi connectivity index (χ1) is 10.2. The van der Waals surface area contributed by atoms with E-state index in [2.05, 4.69) is 0 Å². The summed E-state index contributed by atoms with van der Waals surface area (Å²) in [5.74, 6) is 1.40. The van der Waals surface area contributed by atoms with Crippen molar-refractivity contribution in [2.75, 3.05) is 14.2 Å². The van der Waals surface area contributed by atoms with Gasteiger partial charge in [-0.2, -0.15) is 0 Å². The van der Waals surface area contributed by atoms with Crippen molar-refractivity contribution in [3.8, 4) is 11.5 Å². The van der Waals surface area contributed by atoms with Gasteiger partial charge in [-0.15, -0.1) is 0 Å². The summed E-state index contributed by atoms with van der Waals surface area (Å²) in [6.07, 6.45) is 0. The second kappa shape index (κ2) is 5.13. The summed E-state index contributed by atoms with van der Waals surface area (Å²) < 4.78 is 12.4. The zero-order valence-electron chi connectivity index (χ0n) is 12.3. The summed E-state index contributed by atoms with van der Waals surface area (Å²) in [5, 5.41) is 2.59. The molecule has 3 aromatic rings. The molecule has 1 aromatic heterocycles. The van der Waals surface area contributed by atoms with Crippen LogP contribution < -0.4 is 15.0 Å². The normalized spacial score (nSPS) is 11.0. The van der Waals surface area contributed by atoms with Crippen LogP contribution in [-0.4, -0.2) is 18.8 Å². The number of para-hydroxylation sites is 1.